The largest absolute Gasteiger partial charge is 0.482 e. The molecule has 17 heteroatoms. The third kappa shape index (κ3) is 7.18. The number of carbonyl (C=O) groups excluding carboxylic acids is 2. The second-order valence-corrected chi connectivity index (χ2v) is 9.95. The Hall–Kier alpha value is -5.87. The Labute approximate surface area is 270 Å². The average molecular weight is 667 g/mol. The minimum atomic E-state index is -1.15. The molecule has 0 saturated carbocycles. The summed E-state index contributed by atoms with van der Waals surface area (Å²) in [6.45, 7) is 0.593. The first-order valence-corrected chi connectivity index (χ1v) is 13.7. The lowest BCUT2D eigenvalue weighted by molar-refractivity contribution is -0.118. The summed E-state index contributed by atoms with van der Waals surface area (Å²) in [5.41, 5.74) is 7.69. The summed E-state index contributed by atoms with van der Waals surface area (Å²) in [5.74, 6) is -1.69. The zero-order valence-corrected chi connectivity index (χ0v) is 25.4. The molecule has 3 heterocycles. The van der Waals surface area contributed by atoms with E-state index in [0.717, 1.165) is 17.5 Å². The van der Waals surface area contributed by atoms with Gasteiger partial charge in [-0.3, -0.25) is 19.2 Å². The number of hydrogen-bond acceptors (Lipinski definition) is 11. The molecular formula is C30H28ClFN8O7. The van der Waals surface area contributed by atoms with Crippen molar-refractivity contribution >= 4 is 58.3 Å². The second-order valence-electron chi connectivity index (χ2n) is 9.95. The van der Waals surface area contributed by atoms with Crippen molar-refractivity contribution in [2.45, 2.75) is 19.6 Å². The molecule has 2 amide bonds. The van der Waals surface area contributed by atoms with Crippen LogP contribution in [0.15, 0.2) is 58.5 Å². The summed E-state index contributed by atoms with van der Waals surface area (Å²) in [5, 5.41) is 20.0. The third-order valence-corrected chi connectivity index (χ3v) is 7.00. The molecule has 2 aromatic heterocycles. The minimum Gasteiger partial charge on any atom is -0.482 e. The van der Waals surface area contributed by atoms with Crippen LogP contribution in [-0.4, -0.2) is 51.5 Å². The monoisotopic (exact) mass is 666 g/mol. The van der Waals surface area contributed by atoms with E-state index in [4.69, 9.17) is 15.6 Å². The van der Waals surface area contributed by atoms with Gasteiger partial charge in [-0.1, -0.05) is 12.1 Å². The molecule has 3 aromatic carbocycles. The number of carboxylic acids is 1. The van der Waals surface area contributed by atoms with E-state index in [2.05, 4.69) is 36.2 Å². The Kier molecular flexibility index (Phi) is 10.5. The van der Waals surface area contributed by atoms with Crippen LogP contribution in [0.3, 0.4) is 0 Å². The average Bonchev–Trinajstić information content (AvgIpc) is 3.51. The first kappa shape index (κ1) is 34.0. The van der Waals surface area contributed by atoms with E-state index in [1.807, 2.05) is 0 Å². The zero-order valence-electron chi connectivity index (χ0n) is 24.6. The van der Waals surface area contributed by atoms with Crippen LogP contribution in [0.1, 0.15) is 37.5 Å². The van der Waals surface area contributed by atoms with Gasteiger partial charge in [0.05, 0.1) is 11.2 Å². The minimum absolute atomic E-state index is 0. The number of benzene rings is 2. The van der Waals surface area contributed by atoms with Crippen LogP contribution in [-0.2, 0) is 24.4 Å². The van der Waals surface area contributed by atoms with Crippen LogP contribution >= 0.6 is 12.4 Å². The summed E-state index contributed by atoms with van der Waals surface area (Å²) in [4.78, 5) is 68.2. The molecule has 15 nitrogen and oxygen atoms in total. The van der Waals surface area contributed by atoms with Crippen LogP contribution in [0.4, 0.5) is 21.5 Å². The van der Waals surface area contributed by atoms with Gasteiger partial charge in [-0.2, -0.15) is 0 Å². The van der Waals surface area contributed by atoms with Gasteiger partial charge in [-0.25, -0.2) is 19.2 Å². The number of rotatable bonds is 9. The van der Waals surface area contributed by atoms with Crippen molar-refractivity contribution in [1.82, 2.24) is 20.3 Å². The fourth-order valence-corrected chi connectivity index (χ4v) is 4.65. The number of nitrogens with one attached hydrogen (secondary N) is 5. The number of anilines is 3. The number of nitrogens with two attached hydrogens (primary N) is 1. The number of ether oxygens (including phenoxy) is 1. The van der Waals surface area contributed by atoms with Crippen LogP contribution in [0.2, 0.25) is 0 Å². The van der Waals surface area contributed by atoms with Crippen molar-refractivity contribution in [1.29, 1.82) is 0 Å². The van der Waals surface area contributed by atoms with Crippen molar-refractivity contribution < 1.29 is 28.6 Å². The van der Waals surface area contributed by atoms with Crippen LogP contribution in [0.5, 0.6) is 5.75 Å². The lowest BCUT2D eigenvalue weighted by Crippen LogP contribution is -2.36. The number of hydrogen-bond donors (Lipinski definition) is 7. The lowest BCUT2D eigenvalue weighted by Gasteiger charge is -2.18. The van der Waals surface area contributed by atoms with Crippen molar-refractivity contribution in [3.63, 3.8) is 0 Å². The van der Waals surface area contributed by atoms with E-state index in [0.29, 0.717) is 23.5 Å². The molecule has 0 bridgehead atoms. The highest BCUT2D eigenvalue weighted by molar-refractivity contribution is 6.08. The van der Waals surface area contributed by atoms with Gasteiger partial charge in [0.25, 0.3) is 22.7 Å². The topological polar surface area (TPSA) is 231 Å². The SMILES string of the molecule is CNc1c(NCc2cc(CN)ccc2F)c(=O)c1=O.Cl.O=C1COc2ccc(CNC(=O)c3ncnc4c(C(=O)O)c[nH]c34)cc2N1. The molecule has 1 aliphatic heterocycles. The maximum Gasteiger partial charge on any atom is 0.339 e. The number of halogens is 2. The van der Waals surface area contributed by atoms with E-state index >= 15 is 0 Å². The smallest absolute Gasteiger partial charge is 0.339 e. The van der Waals surface area contributed by atoms with Gasteiger partial charge in [0, 0.05) is 38.4 Å². The number of fused-ring (bicyclic) bond motifs is 2. The molecule has 0 unspecified atom stereocenters. The Balaban J connectivity index is 0.000000221. The number of nitrogens with zero attached hydrogens (tertiary/aromatic N) is 2. The number of aromatic carboxylic acids is 1. The molecule has 0 spiro atoms. The van der Waals surface area contributed by atoms with Gasteiger partial charge in [-0.15, -0.1) is 12.4 Å². The first-order valence-electron chi connectivity index (χ1n) is 13.7. The van der Waals surface area contributed by atoms with Gasteiger partial charge in [-0.05, 0) is 35.4 Å². The van der Waals surface area contributed by atoms with Crippen molar-refractivity contribution in [2.75, 3.05) is 29.6 Å². The van der Waals surface area contributed by atoms with E-state index in [-0.39, 0.29) is 77.5 Å². The van der Waals surface area contributed by atoms with E-state index in [1.54, 1.807) is 37.4 Å². The molecule has 0 aliphatic carbocycles. The highest BCUT2D eigenvalue weighted by atomic mass is 35.5. The molecule has 0 saturated heterocycles. The van der Waals surface area contributed by atoms with Crippen molar-refractivity contribution in [2.24, 2.45) is 5.73 Å². The molecule has 0 radical (unpaired) electrons. The Morgan fingerprint density at radius 2 is 1.79 bits per heavy atom. The molecule has 0 fully saturated rings. The number of carboxylic acid groups (broad SMARTS) is 1. The highest BCUT2D eigenvalue weighted by Crippen LogP contribution is 2.28. The molecule has 8 N–H and O–H groups in total. The number of aromatic nitrogens is 3. The predicted molar refractivity (Wildman–Crippen MR) is 172 cm³/mol. The molecular weight excluding hydrogens is 639 g/mol. The van der Waals surface area contributed by atoms with Crippen LogP contribution < -0.4 is 42.6 Å². The number of aromatic amines is 1. The molecule has 244 valence electrons. The highest BCUT2D eigenvalue weighted by Gasteiger charge is 2.21. The van der Waals surface area contributed by atoms with Crippen molar-refractivity contribution in [3.8, 4) is 5.75 Å². The maximum atomic E-state index is 13.6. The Bertz CT molecular complexity index is 2060. The summed E-state index contributed by atoms with van der Waals surface area (Å²) >= 11 is 0. The quantitative estimate of drug-likeness (QED) is 0.112. The van der Waals surface area contributed by atoms with Gasteiger partial charge >= 0.3 is 5.97 Å². The molecule has 0 atom stereocenters. The lowest BCUT2D eigenvalue weighted by atomic mass is 10.1. The Morgan fingerprint density at radius 3 is 2.51 bits per heavy atom. The summed E-state index contributed by atoms with van der Waals surface area (Å²) in [6.07, 6.45) is 2.41. The molecule has 47 heavy (non-hydrogen) atoms. The summed E-state index contributed by atoms with van der Waals surface area (Å²) < 4.78 is 18.9. The van der Waals surface area contributed by atoms with Gasteiger partial charge in [0.15, 0.2) is 12.3 Å². The summed E-state index contributed by atoms with van der Waals surface area (Å²) in [7, 11) is 1.55. The van der Waals surface area contributed by atoms with E-state index in [9.17, 15) is 28.4 Å². The van der Waals surface area contributed by atoms with Gasteiger partial charge < -0.3 is 41.8 Å². The molecule has 1 aliphatic rings. The van der Waals surface area contributed by atoms with E-state index < -0.39 is 22.7 Å². The fraction of sp³-hybridized carbons (Fsp3) is 0.167. The first-order chi connectivity index (χ1) is 22.1. The number of carbonyl (C=O) groups is 3. The number of amides is 2. The molecule has 6 rings (SSSR count). The summed E-state index contributed by atoms with van der Waals surface area (Å²) in [6, 6.07) is 9.76. The normalized spacial score (nSPS) is 11.7. The van der Waals surface area contributed by atoms with Crippen LogP contribution in [0, 0.1) is 5.82 Å². The van der Waals surface area contributed by atoms with Gasteiger partial charge in [0.1, 0.15) is 40.3 Å². The standard InChI is InChI=1S/C17H13N5O5.C13H14FN3O2.ClH/c23-12-6-27-11-2-1-8(3-10(11)22-12)4-19-16(24)15-14-13(20-7-21-15)9(5-18-14)17(25)26;1-16-10-11(13(19)12(10)18)17-6-8-4-7(5-15)2-3-9(8)14;/h1-3,5,7,18H,4,6H2,(H,19,24)(H,22,23)(H,25,26);2-4,16-17H,5-6,15H2,1H3;1H. The second kappa shape index (κ2) is 14.5. The zero-order chi connectivity index (χ0) is 33.0. The Morgan fingerprint density at radius 1 is 1.04 bits per heavy atom. The van der Waals surface area contributed by atoms with E-state index in [1.165, 1.54) is 12.3 Å². The van der Waals surface area contributed by atoms with Crippen LogP contribution in [0.25, 0.3) is 11.0 Å². The third-order valence-electron chi connectivity index (χ3n) is 7.00. The van der Waals surface area contributed by atoms with Crippen molar-refractivity contribution in [3.05, 3.63) is 103 Å². The molecule has 5 aromatic rings. The predicted octanol–water partition coefficient (Wildman–Crippen LogP) is 1.87. The maximum absolute atomic E-state index is 13.6. The number of H-pyrrole nitrogens is 1. The van der Waals surface area contributed by atoms with Gasteiger partial charge in [0.2, 0.25) is 0 Å². The fourth-order valence-electron chi connectivity index (χ4n) is 4.65.